The number of hydrogen-bond donors (Lipinski definition) is 3. The second-order valence-electron chi connectivity index (χ2n) is 8.24. The van der Waals surface area contributed by atoms with Crippen LogP contribution in [0, 0.1) is 0 Å². The molecule has 0 unspecified atom stereocenters. The van der Waals surface area contributed by atoms with Crippen molar-refractivity contribution < 1.29 is 14.7 Å². The van der Waals surface area contributed by atoms with Crippen molar-refractivity contribution in [2.45, 2.75) is 26.2 Å². The fourth-order valence-electron chi connectivity index (χ4n) is 4.02. The first-order chi connectivity index (χ1) is 15.6. The molecule has 0 bridgehead atoms. The molecule has 0 aromatic heterocycles. The van der Waals surface area contributed by atoms with Crippen LogP contribution in [0.15, 0.2) is 29.3 Å². The Morgan fingerprint density at radius 1 is 0.939 bits per heavy atom. The van der Waals surface area contributed by atoms with Crippen LogP contribution in [-0.4, -0.2) is 103 Å². The first-order valence-electron chi connectivity index (χ1n) is 11.7. The van der Waals surface area contributed by atoms with Crippen molar-refractivity contribution in [2.24, 2.45) is 4.99 Å². The summed E-state index contributed by atoms with van der Waals surface area (Å²) in [5.74, 6) is 1.05. The molecule has 3 N–H and O–H groups in total. The number of rotatable bonds is 7. The lowest BCUT2D eigenvalue weighted by atomic mass is 10.1. The lowest BCUT2D eigenvalue weighted by molar-refractivity contribution is -0.133. The Morgan fingerprint density at radius 2 is 1.61 bits per heavy atom. The molecule has 2 fully saturated rings. The van der Waals surface area contributed by atoms with Crippen LogP contribution < -0.4 is 10.6 Å². The summed E-state index contributed by atoms with van der Waals surface area (Å²) in [6.07, 6.45) is 3.48. The van der Waals surface area contributed by atoms with Gasteiger partial charge < -0.3 is 25.5 Å². The Bertz CT molecular complexity index is 775. The van der Waals surface area contributed by atoms with Gasteiger partial charge in [-0.05, 0) is 50.5 Å². The molecule has 3 rings (SSSR count). The molecule has 2 aliphatic rings. The number of phenols is 1. The summed E-state index contributed by atoms with van der Waals surface area (Å²) in [5, 5.41) is 15.5. The Labute approximate surface area is 213 Å². The molecule has 0 radical (unpaired) electrons. The summed E-state index contributed by atoms with van der Waals surface area (Å²) in [5.41, 5.74) is 0.508. The zero-order valence-electron chi connectivity index (χ0n) is 19.5. The number of aliphatic imine (C=N–C) groups is 1. The van der Waals surface area contributed by atoms with Crippen LogP contribution in [0.4, 0.5) is 0 Å². The topological polar surface area (TPSA) is 101 Å². The number of amides is 2. The number of phenolic OH excluding ortho intramolecular Hbond substituents is 1. The molecule has 0 spiro atoms. The molecule has 0 atom stereocenters. The largest absolute Gasteiger partial charge is 0.508 e. The number of benzene rings is 1. The van der Waals surface area contributed by atoms with Crippen molar-refractivity contribution in [2.75, 3.05) is 65.4 Å². The molecule has 33 heavy (non-hydrogen) atoms. The first-order valence-corrected chi connectivity index (χ1v) is 11.7. The summed E-state index contributed by atoms with van der Waals surface area (Å²) < 4.78 is 0. The summed E-state index contributed by atoms with van der Waals surface area (Å²) >= 11 is 0. The number of piperazine rings is 1. The Morgan fingerprint density at radius 3 is 2.24 bits per heavy atom. The standard InChI is InChI=1S/C23H36N6O3.HI/c1-2-24-23(26-11-10-25-22(32)19-6-8-20(30)9-7-19)29-16-14-27(15-17-29)18-21(31)28-12-4-3-5-13-28;/h6-9,30H,2-5,10-18H2,1H3,(H,24,26)(H,25,32);1H. The lowest BCUT2D eigenvalue weighted by Crippen LogP contribution is -2.54. The van der Waals surface area contributed by atoms with E-state index < -0.39 is 0 Å². The van der Waals surface area contributed by atoms with Gasteiger partial charge in [-0.2, -0.15) is 0 Å². The molecule has 2 aliphatic heterocycles. The van der Waals surface area contributed by atoms with Crippen molar-refractivity contribution in [3.63, 3.8) is 0 Å². The van der Waals surface area contributed by atoms with Gasteiger partial charge in [0.05, 0.1) is 13.1 Å². The number of carbonyl (C=O) groups excluding carboxylic acids is 2. The van der Waals surface area contributed by atoms with E-state index >= 15 is 0 Å². The third-order valence-electron chi connectivity index (χ3n) is 5.86. The predicted octanol–water partition coefficient (Wildman–Crippen LogP) is 1.34. The first kappa shape index (κ1) is 27.2. The quantitative estimate of drug-likeness (QED) is 0.198. The van der Waals surface area contributed by atoms with E-state index in [2.05, 4.69) is 25.4 Å². The fourth-order valence-corrected chi connectivity index (χ4v) is 4.02. The lowest BCUT2D eigenvalue weighted by Gasteiger charge is -2.37. The highest BCUT2D eigenvalue weighted by atomic mass is 127. The van der Waals surface area contributed by atoms with Gasteiger partial charge in [0.2, 0.25) is 5.91 Å². The van der Waals surface area contributed by atoms with Gasteiger partial charge in [0.25, 0.3) is 5.91 Å². The number of hydrogen-bond acceptors (Lipinski definition) is 5. The number of likely N-dealkylation sites (tertiary alicyclic amines) is 1. The van der Waals surface area contributed by atoms with Gasteiger partial charge in [-0.1, -0.05) is 0 Å². The average molecular weight is 572 g/mol. The average Bonchev–Trinajstić information content (AvgIpc) is 2.82. The Hall–Kier alpha value is -2.08. The van der Waals surface area contributed by atoms with E-state index in [4.69, 9.17) is 0 Å². The molecule has 1 aromatic rings. The molecular weight excluding hydrogens is 535 g/mol. The number of piperidine rings is 1. The SMILES string of the molecule is CCNC(=NCCNC(=O)c1ccc(O)cc1)N1CCN(CC(=O)N2CCCCC2)CC1.I. The van der Waals surface area contributed by atoms with E-state index in [-0.39, 0.29) is 41.5 Å². The molecule has 9 nitrogen and oxygen atoms in total. The van der Waals surface area contributed by atoms with Crippen LogP contribution in [0.25, 0.3) is 0 Å². The minimum absolute atomic E-state index is 0. The minimum Gasteiger partial charge on any atom is -0.508 e. The zero-order chi connectivity index (χ0) is 22.8. The third-order valence-corrected chi connectivity index (χ3v) is 5.86. The summed E-state index contributed by atoms with van der Waals surface area (Å²) in [6, 6.07) is 6.17. The van der Waals surface area contributed by atoms with Crippen LogP contribution in [0.2, 0.25) is 0 Å². The molecule has 2 amide bonds. The highest BCUT2D eigenvalue weighted by Crippen LogP contribution is 2.11. The number of halogens is 1. The van der Waals surface area contributed by atoms with Gasteiger partial charge in [-0.3, -0.25) is 19.5 Å². The minimum atomic E-state index is -0.183. The summed E-state index contributed by atoms with van der Waals surface area (Å²) in [7, 11) is 0. The summed E-state index contributed by atoms with van der Waals surface area (Å²) in [4.78, 5) is 35.8. The monoisotopic (exact) mass is 572 g/mol. The van der Waals surface area contributed by atoms with E-state index in [1.165, 1.54) is 18.6 Å². The van der Waals surface area contributed by atoms with Crippen LogP contribution in [0.3, 0.4) is 0 Å². The van der Waals surface area contributed by atoms with E-state index in [9.17, 15) is 14.7 Å². The number of carbonyl (C=O) groups is 2. The van der Waals surface area contributed by atoms with E-state index in [1.807, 2.05) is 11.8 Å². The van der Waals surface area contributed by atoms with Gasteiger partial charge in [-0.25, -0.2) is 0 Å². The van der Waals surface area contributed by atoms with Crippen molar-refractivity contribution in [1.82, 2.24) is 25.3 Å². The van der Waals surface area contributed by atoms with Crippen molar-refractivity contribution in [1.29, 1.82) is 0 Å². The number of aromatic hydroxyl groups is 1. The Kier molecular flexibility index (Phi) is 11.7. The molecule has 2 saturated heterocycles. The maximum Gasteiger partial charge on any atom is 0.251 e. The van der Waals surface area contributed by atoms with Crippen molar-refractivity contribution >= 4 is 41.8 Å². The highest BCUT2D eigenvalue weighted by Gasteiger charge is 2.24. The molecule has 10 heteroatoms. The van der Waals surface area contributed by atoms with Gasteiger partial charge in [0, 0.05) is 57.9 Å². The molecular formula is C23H37IN6O3. The van der Waals surface area contributed by atoms with Gasteiger partial charge in [-0.15, -0.1) is 24.0 Å². The highest BCUT2D eigenvalue weighted by molar-refractivity contribution is 14.0. The van der Waals surface area contributed by atoms with Gasteiger partial charge >= 0.3 is 0 Å². The second kappa shape index (κ2) is 14.2. The van der Waals surface area contributed by atoms with Crippen LogP contribution in [0.5, 0.6) is 5.75 Å². The molecule has 0 saturated carbocycles. The maximum absolute atomic E-state index is 12.5. The number of nitrogens with one attached hydrogen (secondary N) is 2. The second-order valence-corrected chi connectivity index (χ2v) is 8.24. The fraction of sp³-hybridized carbons (Fsp3) is 0.609. The molecule has 184 valence electrons. The van der Waals surface area contributed by atoms with Crippen molar-refractivity contribution in [3.8, 4) is 5.75 Å². The number of guanidine groups is 1. The van der Waals surface area contributed by atoms with E-state index in [1.54, 1.807) is 12.1 Å². The summed E-state index contributed by atoms with van der Waals surface area (Å²) in [6.45, 7) is 9.32. The van der Waals surface area contributed by atoms with Crippen LogP contribution in [0.1, 0.15) is 36.5 Å². The van der Waals surface area contributed by atoms with Crippen molar-refractivity contribution in [3.05, 3.63) is 29.8 Å². The van der Waals surface area contributed by atoms with E-state index in [0.717, 1.165) is 64.6 Å². The van der Waals surface area contributed by atoms with Gasteiger partial charge in [0.15, 0.2) is 5.96 Å². The maximum atomic E-state index is 12.5. The van der Waals surface area contributed by atoms with Crippen LogP contribution in [-0.2, 0) is 4.79 Å². The normalized spacial score (nSPS) is 17.3. The number of nitrogens with zero attached hydrogens (tertiary/aromatic N) is 4. The molecule has 2 heterocycles. The predicted molar refractivity (Wildman–Crippen MR) is 140 cm³/mol. The zero-order valence-corrected chi connectivity index (χ0v) is 21.8. The van der Waals surface area contributed by atoms with E-state index in [0.29, 0.717) is 25.2 Å². The van der Waals surface area contributed by atoms with Crippen LogP contribution >= 0.6 is 24.0 Å². The third kappa shape index (κ3) is 8.65. The molecule has 1 aromatic carbocycles. The smallest absolute Gasteiger partial charge is 0.251 e. The Balaban J connectivity index is 0.00000385. The molecule has 0 aliphatic carbocycles. The van der Waals surface area contributed by atoms with Gasteiger partial charge in [0.1, 0.15) is 5.75 Å².